The van der Waals surface area contributed by atoms with Gasteiger partial charge in [-0.25, -0.2) is 4.98 Å². The molecule has 0 aliphatic carbocycles. The van der Waals surface area contributed by atoms with Crippen molar-refractivity contribution in [2.24, 2.45) is 0 Å². The Morgan fingerprint density at radius 1 is 1.29 bits per heavy atom. The number of hydrogen-bond acceptors (Lipinski definition) is 5. The monoisotopic (exact) mass is 296 g/mol. The highest BCUT2D eigenvalue weighted by Crippen LogP contribution is 2.30. The second-order valence-electron chi connectivity index (χ2n) is 4.39. The lowest BCUT2D eigenvalue weighted by molar-refractivity contribution is 0.415. The Bertz CT molecular complexity index is 850. The number of hydrogen-bond donors (Lipinski definition) is 2. The molecule has 1 aromatic heterocycles. The van der Waals surface area contributed by atoms with Crippen LogP contribution in [0.1, 0.15) is 5.56 Å². The average molecular weight is 296 g/mol. The van der Waals surface area contributed by atoms with Crippen LogP contribution in [0.3, 0.4) is 0 Å². The van der Waals surface area contributed by atoms with Crippen molar-refractivity contribution in [2.75, 3.05) is 12.8 Å². The molecule has 0 radical (unpaired) electrons. The molecular formula is C15H12N4OS. The van der Waals surface area contributed by atoms with Gasteiger partial charge in [-0.1, -0.05) is 11.8 Å². The van der Waals surface area contributed by atoms with Gasteiger partial charge in [0.2, 0.25) is 0 Å². The second-order valence-corrected chi connectivity index (χ2v) is 5.45. The molecule has 0 amide bonds. The minimum absolute atomic E-state index is 0.470. The minimum atomic E-state index is 0.470. The first kappa shape index (κ1) is 13.3. The highest BCUT2D eigenvalue weighted by Gasteiger charge is 2.07. The van der Waals surface area contributed by atoms with E-state index in [1.54, 1.807) is 19.2 Å². The lowest BCUT2D eigenvalue weighted by Gasteiger charge is -2.01. The maximum absolute atomic E-state index is 9.00. The highest BCUT2D eigenvalue weighted by atomic mass is 32.2. The van der Waals surface area contributed by atoms with Crippen molar-refractivity contribution in [1.29, 1.82) is 5.26 Å². The van der Waals surface area contributed by atoms with Crippen molar-refractivity contribution in [3.05, 3.63) is 42.0 Å². The number of ether oxygens (including phenoxy) is 1. The van der Waals surface area contributed by atoms with E-state index in [9.17, 15) is 0 Å². The zero-order chi connectivity index (χ0) is 14.8. The third kappa shape index (κ3) is 2.64. The first-order chi connectivity index (χ1) is 10.2. The number of rotatable bonds is 3. The smallest absolute Gasteiger partial charge is 0.171 e. The van der Waals surface area contributed by atoms with Gasteiger partial charge in [0, 0.05) is 16.6 Å². The molecule has 3 N–H and O–H groups in total. The fourth-order valence-corrected chi connectivity index (χ4v) is 2.79. The third-order valence-corrected chi connectivity index (χ3v) is 3.90. The Hall–Kier alpha value is -2.65. The van der Waals surface area contributed by atoms with Crippen molar-refractivity contribution in [3.8, 4) is 11.8 Å². The van der Waals surface area contributed by atoms with Gasteiger partial charge in [0.15, 0.2) is 5.16 Å². The molecular weight excluding hydrogens is 284 g/mol. The van der Waals surface area contributed by atoms with Crippen molar-refractivity contribution in [2.45, 2.75) is 10.1 Å². The Labute approximate surface area is 125 Å². The summed E-state index contributed by atoms with van der Waals surface area (Å²) in [5.74, 6) is 0.780. The van der Waals surface area contributed by atoms with E-state index in [-0.39, 0.29) is 0 Å². The van der Waals surface area contributed by atoms with E-state index in [4.69, 9.17) is 15.7 Å². The number of fused-ring (bicyclic) bond motifs is 1. The number of anilines is 1. The zero-order valence-corrected chi connectivity index (χ0v) is 12.1. The van der Waals surface area contributed by atoms with Gasteiger partial charge in [-0.2, -0.15) is 5.26 Å². The molecule has 0 atom stereocenters. The molecule has 0 spiro atoms. The maximum Gasteiger partial charge on any atom is 0.171 e. The Morgan fingerprint density at radius 3 is 2.90 bits per heavy atom. The normalized spacial score (nSPS) is 10.5. The number of nitrogens with one attached hydrogen (secondary N) is 1. The number of aromatic nitrogens is 2. The van der Waals surface area contributed by atoms with Crippen LogP contribution in [0.5, 0.6) is 5.75 Å². The van der Waals surface area contributed by atoms with Crippen LogP contribution in [-0.4, -0.2) is 17.1 Å². The number of H-pyrrole nitrogens is 1. The van der Waals surface area contributed by atoms with E-state index in [0.29, 0.717) is 11.3 Å². The van der Waals surface area contributed by atoms with Crippen LogP contribution in [0.15, 0.2) is 46.5 Å². The van der Waals surface area contributed by atoms with E-state index in [2.05, 4.69) is 16.0 Å². The largest absolute Gasteiger partial charge is 0.497 e. The van der Waals surface area contributed by atoms with Crippen LogP contribution < -0.4 is 10.5 Å². The number of benzene rings is 2. The number of aromatic amines is 1. The molecule has 0 saturated heterocycles. The standard InChI is InChI=1S/C15H12N4OS/c1-20-10-2-5-13-14(7-10)19-15(18-13)21-11-3-4-12(17)9(6-11)8-16/h2-7H,17H2,1H3,(H,18,19). The minimum Gasteiger partial charge on any atom is -0.497 e. The Morgan fingerprint density at radius 2 is 2.14 bits per heavy atom. The molecule has 2 aromatic carbocycles. The summed E-state index contributed by atoms with van der Waals surface area (Å²) >= 11 is 1.45. The van der Waals surface area contributed by atoms with Gasteiger partial charge in [0.25, 0.3) is 0 Å². The summed E-state index contributed by atoms with van der Waals surface area (Å²) < 4.78 is 5.19. The number of nitrogens with two attached hydrogens (primary N) is 1. The van der Waals surface area contributed by atoms with Crippen LogP contribution in [-0.2, 0) is 0 Å². The summed E-state index contributed by atoms with van der Waals surface area (Å²) in [4.78, 5) is 8.64. The van der Waals surface area contributed by atoms with Gasteiger partial charge in [0.1, 0.15) is 11.8 Å². The second kappa shape index (κ2) is 5.38. The van der Waals surface area contributed by atoms with Crippen molar-refractivity contribution in [3.63, 3.8) is 0 Å². The van der Waals surface area contributed by atoms with Crippen molar-refractivity contribution < 1.29 is 4.74 Å². The molecule has 5 nitrogen and oxygen atoms in total. The van der Waals surface area contributed by atoms with Crippen LogP contribution >= 0.6 is 11.8 Å². The summed E-state index contributed by atoms with van der Waals surface area (Å²) in [6.45, 7) is 0. The fraction of sp³-hybridized carbons (Fsp3) is 0.0667. The van der Waals surface area contributed by atoms with Gasteiger partial charge in [-0.15, -0.1) is 0 Å². The zero-order valence-electron chi connectivity index (χ0n) is 11.3. The van der Waals surface area contributed by atoms with Gasteiger partial charge in [-0.05, 0) is 30.3 Å². The fourth-order valence-electron chi connectivity index (χ4n) is 1.95. The van der Waals surface area contributed by atoms with Gasteiger partial charge >= 0.3 is 0 Å². The van der Waals surface area contributed by atoms with Crippen LogP contribution in [0.25, 0.3) is 11.0 Å². The van der Waals surface area contributed by atoms with E-state index in [1.165, 1.54) is 11.8 Å². The molecule has 0 aliphatic heterocycles. The topological polar surface area (TPSA) is 87.7 Å². The molecule has 0 unspecified atom stereocenters. The molecule has 21 heavy (non-hydrogen) atoms. The van der Waals surface area contributed by atoms with E-state index in [1.807, 2.05) is 24.3 Å². The summed E-state index contributed by atoms with van der Waals surface area (Å²) in [5.41, 5.74) is 8.45. The number of nitrogen functional groups attached to an aromatic ring is 1. The SMILES string of the molecule is COc1ccc2nc(Sc3ccc(N)c(C#N)c3)[nH]c2c1. The first-order valence-electron chi connectivity index (χ1n) is 6.21. The number of imidazole rings is 1. The molecule has 3 rings (SSSR count). The summed E-state index contributed by atoms with van der Waals surface area (Å²) in [7, 11) is 1.63. The first-order valence-corrected chi connectivity index (χ1v) is 7.02. The number of nitriles is 1. The van der Waals surface area contributed by atoms with Crippen molar-refractivity contribution >= 4 is 28.5 Å². The Kier molecular flexibility index (Phi) is 3.42. The summed E-state index contributed by atoms with van der Waals surface area (Å²) in [6, 6.07) is 13.1. The van der Waals surface area contributed by atoms with Gasteiger partial charge in [0.05, 0.1) is 23.7 Å². The average Bonchev–Trinajstić information content (AvgIpc) is 2.90. The lowest BCUT2D eigenvalue weighted by atomic mass is 10.2. The van der Waals surface area contributed by atoms with E-state index < -0.39 is 0 Å². The molecule has 0 bridgehead atoms. The van der Waals surface area contributed by atoms with Crippen LogP contribution in [0.2, 0.25) is 0 Å². The quantitative estimate of drug-likeness (QED) is 0.725. The third-order valence-electron chi connectivity index (χ3n) is 3.03. The number of methoxy groups -OCH3 is 1. The van der Waals surface area contributed by atoms with Gasteiger partial charge < -0.3 is 15.5 Å². The molecule has 0 fully saturated rings. The maximum atomic E-state index is 9.00. The van der Waals surface area contributed by atoms with Crippen LogP contribution in [0.4, 0.5) is 5.69 Å². The lowest BCUT2D eigenvalue weighted by Crippen LogP contribution is -1.89. The summed E-state index contributed by atoms with van der Waals surface area (Å²) in [6.07, 6.45) is 0. The van der Waals surface area contributed by atoms with Crippen LogP contribution in [0, 0.1) is 11.3 Å². The molecule has 3 aromatic rings. The predicted octanol–water partition coefficient (Wildman–Crippen LogP) is 3.18. The highest BCUT2D eigenvalue weighted by molar-refractivity contribution is 7.99. The molecule has 0 aliphatic rings. The Balaban J connectivity index is 1.93. The predicted molar refractivity (Wildman–Crippen MR) is 82.3 cm³/mol. The molecule has 6 heteroatoms. The molecule has 104 valence electrons. The number of nitrogens with zero attached hydrogens (tertiary/aromatic N) is 2. The molecule has 1 heterocycles. The van der Waals surface area contributed by atoms with E-state index >= 15 is 0 Å². The van der Waals surface area contributed by atoms with Crippen molar-refractivity contribution in [1.82, 2.24) is 9.97 Å². The molecule has 0 saturated carbocycles. The van der Waals surface area contributed by atoms with Gasteiger partial charge in [-0.3, -0.25) is 0 Å². The summed E-state index contributed by atoms with van der Waals surface area (Å²) in [5, 5.41) is 9.76. The van der Waals surface area contributed by atoms with E-state index in [0.717, 1.165) is 26.8 Å².